The second kappa shape index (κ2) is 5.85. The van der Waals surface area contributed by atoms with E-state index < -0.39 is 6.10 Å². The molecule has 0 unspecified atom stereocenters. The normalized spacial score (nSPS) is 12.2. The van der Waals surface area contributed by atoms with Gasteiger partial charge in [0.25, 0.3) is 0 Å². The number of nitrogens with zero attached hydrogens (tertiary/aromatic N) is 2. The first-order valence-electron chi connectivity index (χ1n) is 6.61. The van der Waals surface area contributed by atoms with Crippen molar-refractivity contribution >= 4 is 11.5 Å². The van der Waals surface area contributed by atoms with E-state index in [0.717, 1.165) is 23.6 Å². The molecule has 0 aliphatic heterocycles. The monoisotopic (exact) mass is 256 g/mol. The van der Waals surface area contributed by atoms with Crippen molar-refractivity contribution < 1.29 is 5.11 Å². The zero-order valence-corrected chi connectivity index (χ0v) is 11.7. The van der Waals surface area contributed by atoms with Crippen LogP contribution >= 0.6 is 0 Å². The van der Waals surface area contributed by atoms with Gasteiger partial charge in [0.2, 0.25) is 0 Å². The van der Waals surface area contributed by atoms with Crippen LogP contribution in [0.1, 0.15) is 31.1 Å². The average Bonchev–Trinajstić information content (AvgIpc) is 2.42. The van der Waals surface area contributed by atoms with Gasteiger partial charge >= 0.3 is 0 Å². The maximum atomic E-state index is 9.90. The predicted octanol–water partition coefficient (Wildman–Crippen LogP) is 3.60. The van der Waals surface area contributed by atoms with Crippen LogP contribution in [0.3, 0.4) is 0 Å². The molecular weight excluding hydrogens is 236 g/mol. The highest BCUT2D eigenvalue weighted by molar-refractivity contribution is 5.66. The first-order chi connectivity index (χ1) is 9.15. The number of pyridine rings is 1. The zero-order valence-electron chi connectivity index (χ0n) is 11.7. The van der Waals surface area contributed by atoms with Gasteiger partial charge in [-0.1, -0.05) is 24.3 Å². The summed E-state index contributed by atoms with van der Waals surface area (Å²) in [5, 5.41) is 9.90. The molecule has 0 radical (unpaired) electrons. The van der Waals surface area contributed by atoms with E-state index in [4.69, 9.17) is 0 Å². The number of aliphatic hydroxyl groups is 1. The molecular formula is C16H20N2O. The Balaban J connectivity index is 2.52. The van der Waals surface area contributed by atoms with Crippen LogP contribution in [0, 0.1) is 6.92 Å². The third-order valence-electron chi connectivity index (χ3n) is 3.25. The lowest BCUT2D eigenvalue weighted by molar-refractivity contribution is 0.199. The molecule has 2 rings (SSSR count). The summed E-state index contributed by atoms with van der Waals surface area (Å²) in [5.41, 5.74) is 3.18. The summed E-state index contributed by atoms with van der Waals surface area (Å²) in [4.78, 5) is 6.59. The zero-order chi connectivity index (χ0) is 13.8. The first kappa shape index (κ1) is 13.6. The highest BCUT2D eigenvalue weighted by Gasteiger charge is 2.16. The number of hydrogen-bond acceptors (Lipinski definition) is 3. The predicted molar refractivity (Wildman–Crippen MR) is 78.7 cm³/mol. The molecule has 1 N–H and O–H groups in total. The first-order valence-corrected chi connectivity index (χ1v) is 6.61. The fraction of sp³-hybridized carbons (Fsp3) is 0.312. The maximum absolute atomic E-state index is 9.90. The summed E-state index contributed by atoms with van der Waals surface area (Å²) in [5.74, 6) is 0.828. The van der Waals surface area contributed by atoms with Crippen LogP contribution < -0.4 is 4.90 Å². The van der Waals surface area contributed by atoms with Crippen molar-refractivity contribution in [1.82, 2.24) is 4.98 Å². The Kier molecular flexibility index (Phi) is 4.17. The van der Waals surface area contributed by atoms with Gasteiger partial charge in [-0.05, 0) is 38.5 Å². The maximum Gasteiger partial charge on any atom is 0.138 e. The largest absolute Gasteiger partial charge is 0.389 e. The number of aliphatic hydroxyl groups excluding tert-OH is 1. The van der Waals surface area contributed by atoms with Crippen LogP contribution in [0.25, 0.3) is 0 Å². The topological polar surface area (TPSA) is 36.4 Å². The molecule has 0 bridgehead atoms. The van der Waals surface area contributed by atoms with Crippen molar-refractivity contribution in [3.05, 3.63) is 53.7 Å². The number of para-hydroxylation sites is 1. The molecule has 3 heteroatoms. The van der Waals surface area contributed by atoms with Gasteiger partial charge in [0, 0.05) is 24.0 Å². The van der Waals surface area contributed by atoms with E-state index in [1.807, 2.05) is 24.3 Å². The highest BCUT2D eigenvalue weighted by Crippen LogP contribution is 2.31. The second-order valence-corrected chi connectivity index (χ2v) is 4.62. The van der Waals surface area contributed by atoms with E-state index in [1.54, 1.807) is 13.1 Å². The SMILES string of the molecule is CCN(c1ccccc1C)c1ncccc1[C@@H](C)O. The van der Waals surface area contributed by atoms with Gasteiger partial charge in [-0.2, -0.15) is 0 Å². The van der Waals surface area contributed by atoms with E-state index >= 15 is 0 Å². The van der Waals surface area contributed by atoms with Crippen LogP contribution in [-0.4, -0.2) is 16.6 Å². The molecule has 0 saturated heterocycles. The summed E-state index contributed by atoms with van der Waals surface area (Å²) in [6.07, 6.45) is 1.24. The van der Waals surface area contributed by atoms with Crippen molar-refractivity contribution in [1.29, 1.82) is 0 Å². The van der Waals surface area contributed by atoms with Gasteiger partial charge in [-0.15, -0.1) is 0 Å². The average molecular weight is 256 g/mol. The van der Waals surface area contributed by atoms with E-state index in [0.29, 0.717) is 0 Å². The van der Waals surface area contributed by atoms with Crippen molar-refractivity contribution in [2.24, 2.45) is 0 Å². The number of anilines is 2. The van der Waals surface area contributed by atoms with Crippen molar-refractivity contribution in [3.8, 4) is 0 Å². The fourth-order valence-corrected chi connectivity index (χ4v) is 2.26. The smallest absolute Gasteiger partial charge is 0.138 e. The number of benzene rings is 1. The summed E-state index contributed by atoms with van der Waals surface area (Å²) in [7, 11) is 0. The van der Waals surface area contributed by atoms with Gasteiger partial charge in [-0.25, -0.2) is 4.98 Å². The van der Waals surface area contributed by atoms with Crippen molar-refractivity contribution in [2.45, 2.75) is 26.9 Å². The lowest BCUT2D eigenvalue weighted by atomic mass is 10.1. The van der Waals surface area contributed by atoms with Crippen molar-refractivity contribution in [2.75, 3.05) is 11.4 Å². The molecule has 0 fully saturated rings. The summed E-state index contributed by atoms with van der Waals surface area (Å²) in [6, 6.07) is 12.0. The van der Waals surface area contributed by atoms with Crippen LogP contribution in [0.5, 0.6) is 0 Å². The minimum absolute atomic E-state index is 0.526. The molecule has 1 aromatic carbocycles. The van der Waals surface area contributed by atoms with E-state index in [1.165, 1.54) is 5.56 Å². The molecule has 0 aliphatic rings. The quantitative estimate of drug-likeness (QED) is 0.908. The van der Waals surface area contributed by atoms with E-state index in [2.05, 4.69) is 35.9 Å². The third kappa shape index (κ3) is 2.76. The Morgan fingerprint density at radius 3 is 2.58 bits per heavy atom. The number of rotatable bonds is 4. The van der Waals surface area contributed by atoms with Crippen molar-refractivity contribution in [3.63, 3.8) is 0 Å². The lowest BCUT2D eigenvalue weighted by Gasteiger charge is -2.26. The molecule has 100 valence electrons. The number of aromatic nitrogens is 1. The second-order valence-electron chi connectivity index (χ2n) is 4.62. The molecule has 3 nitrogen and oxygen atoms in total. The summed E-state index contributed by atoms with van der Waals surface area (Å²) < 4.78 is 0. The van der Waals surface area contributed by atoms with Crippen LogP contribution in [0.2, 0.25) is 0 Å². The molecule has 1 atom stereocenters. The summed E-state index contributed by atoms with van der Waals surface area (Å²) in [6.45, 7) is 6.75. The Hall–Kier alpha value is -1.87. The van der Waals surface area contributed by atoms with E-state index in [9.17, 15) is 5.11 Å². The molecule has 0 amide bonds. The van der Waals surface area contributed by atoms with Gasteiger partial charge < -0.3 is 10.0 Å². The van der Waals surface area contributed by atoms with E-state index in [-0.39, 0.29) is 0 Å². The minimum Gasteiger partial charge on any atom is -0.389 e. The summed E-state index contributed by atoms with van der Waals surface area (Å²) >= 11 is 0. The Morgan fingerprint density at radius 1 is 1.21 bits per heavy atom. The molecule has 1 aromatic heterocycles. The molecule has 1 heterocycles. The van der Waals surface area contributed by atoms with Gasteiger partial charge in [0.15, 0.2) is 0 Å². The molecule has 0 saturated carbocycles. The number of hydrogen-bond donors (Lipinski definition) is 1. The van der Waals surface area contributed by atoms with Gasteiger partial charge in [0.1, 0.15) is 5.82 Å². The Morgan fingerprint density at radius 2 is 1.95 bits per heavy atom. The molecule has 2 aromatic rings. The minimum atomic E-state index is -0.526. The lowest BCUT2D eigenvalue weighted by Crippen LogP contribution is -2.20. The number of aryl methyl sites for hydroxylation is 1. The Labute approximate surface area is 114 Å². The molecule has 19 heavy (non-hydrogen) atoms. The van der Waals surface area contributed by atoms with Gasteiger partial charge in [-0.3, -0.25) is 0 Å². The molecule has 0 spiro atoms. The fourth-order valence-electron chi connectivity index (χ4n) is 2.26. The molecule has 0 aliphatic carbocycles. The third-order valence-corrected chi connectivity index (χ3v) is 3.25. The van der Waals surface area contributed by atoms with Crippen LogP contribution in [0.15, 0.2) is 42.6 Å². The van der Waals surface area contributed by atoms with Crippen LogP contribution in [0.4, 0.5) is 11.5 Å². The standard InChI is InChI=1S/C16H20N2O/c1-4-18(15-10-6-5-8-12(15)2)16-14(13(3)19)9-7-11-17-16/h5-11,13,19H,4H2,1-3H3/t13-/m1/s1. The Bertz CT molecular complexity index is 552. The highest BCUT2D eigenvalue weighted by atomic mass is 16.3. The van der Waals surface area contributed by atoms with Crippen LogP contribution in [-0.2, 0) is 0 Å². The van der Waals surface area contributed by atoms with Gasteiger partial charge in [0.05, 0.1) is 6.10 Å².